The lowest BCUT2D eigenvalue weighted by molar-refractivity contribution is 1.08. The molecule has 0 aliphatic carbocycles. The molecule has 0 unspecified atom stereocenters. The van der Waals surface area contributed by atoms with E-state index in [1.807, 2.05) is 47.7 Å². The minimum Gasteiger partial charge on any atom is -0.307 e. The van der Waals surface area contributed by atoms with Crippen LogP contribution in [0.5, 0.6) is 0 Å². The quantitative estimate of drug-likeness (QED) is 0.176. The van der Waals surface area contributed by atoms with Gasteiger partial charge in [0.25, 0.3) is 0 Å². The summed E-state index contributed by atoms with van der Waals surface area (Å²) in [6, 6.07) is 66.5. The van der Waals surface area contributed by atoms with Gasteiger partial charge >= 0.3 is 0 Å². The van der Waals surface area contributed by atoms with Gasteiger partial charge in [-0.3, -0.25) is 0 Å². The monoisotopic (exact) mass is 745 g/mol. The number of nitrogens with zero attached hydrogens (tertiary/aromatic N) is 5. The predicted octanol–water partition coefficient (Wildman–Crippen LogP) is 13.4. The Morgan fingerprint density at radius 3 is 1.70 bits per heavy atom. The Kier molecular flexibility index (Phi) is 7.03. The molecular formula is C51H31N5S. The predicted molar refractivity (Wildman–Crippen MR) is 238 cm³/mol. The number of fused-ring (bicyclic) bond motifs is 10. The van der Waals surface area contributed by atoms with Crippen LogP contribution in [0.2, 0.25) is 0 Å². The molecule has 0 aliphatic rings. The van der Waals surface area contributed by atoms with E-state index in [0.717, 1.165) is 33.5 Å². The van der Waals surface area contributed by atoms with Crippen LogP contribution in [-0.2, 0) is 0 Å². The number of hydrogen-bond donors (Lipinski definition) is 0. The second-order valence-electron chi connectivity index (χ2n) is 14.4. The highest BCUT2D eigenvalue weighted by Crippen LogP contribution is 2.48. The van der Waals surface area contributed by atoms with Gasteiger partial charge in [0, 0.05) is 54.0 Å². The first kappa shape index (κ1) is 31.9. The molecule has 12 rings (SSSR count). The van der Waals surface area contributed by atoms with Gasteiger partial charge in [-0.25, -0.2) is 15.0 Å². The van der Waals surface area contributed by atoms with E-state index >= 15 is 0 Å². The van der Waals surface area contributed by atoms with Crippen molar-refractivity contribution in [3.63, 3.8) is 0 Å². The summed E-state index contributed by atoms with van der Waals surface area (Å²) in [6.45, 7) is 0. The first-order chi connectivity index (χ1) is 28.3. The maximum atomic E-state index is 5.22. The minimum atomic E-state index is 0.648. The topological polar surface area (TPSA) is 48.5 Å². The van der Waals surface area contributed by atoms with Crippen molar-refractivity contribution in [2.75, 3.05) is 0 Å². The lowest BCUT2D eigenvalue weighted by Crippen LogP contribution is -2.01. The fourth-order valence-corrected chi connectivity index (χ4v) is 9.92. The standard InChI is InChI=1S/C51H31N5S/c1-4-17-33(18-5-1)49-52-50(34-19-6-2-7-20-34)54-51(53-49)39-30-31-42(48-44(39)38-25-13-15-27-43(38)57-48)56-45-36-23-11-10-16-32(36)28-29-40(45)47-46(56)37-24-12-14-26-41(37)55(47)35-21-8-3-9-22-35/h1-31H. The smallest absolute Gasteiger partial charge is 0.164 e. The molecule has 0 fully saturated rings. The number of para-hydroxylation sites is 2. The van der Waals surface area contributed by atoms with Crippen LogP contribution in [0.4, 0.5) is 0 Å². The van der Waals surface area contributed by atoms with Crippen LogP contribution >= 0.6 is 11.3 Å². The van der Waals surface area contributed by atoms with Gasteiger partial charge in [0.15, 0.2) is 17.5 Å². The average molecular weight is 746 g/mol. The Balaban J connectivity index is 1.23. The SMILES string of the molecule is c1ccc(-c2nc(-c3ccccc3)nc(-c3ccc(-n4c5c6ccccc6ccc5c5c4c4ccccc4n5-c4ccccc4)c4sc5ccccc5c34)n2)cc1. The van der Waals surface area contributed by atoms with Crippen LogP contribution in [-0.4, -0.2) is 24.1 Å². The van der Waals surface area contributed by atoms with Crippen molar-refractivity contribution in [3.05, 3.63) is 188 Å². The van der Waals surface area contributed by atoms with Crippen molar-refractivity contribution in [1.29, 1.82) is 0 Å². The van der Waals surface area contributed by atoms with E-state index in [4.69, 9.17) is 15.0 Å². The summed E-state index contributed by atoms with van der Waals surface area (Å²) in [5.41, 5.74) is 9.89. The molecule has 0 spiro atoms. The zero-order valence-electron chi connectivity index (χ0n) is 30.5. The molecule has 0 saturated heterocycles. The summed E-state index contributed by atoms with van der Waals surface area (Å²) in [4.78, 5) is 15.5. The molecule has 266 valence electrons. The molecule has 0 atom stereocenters. The average Bonchev–Trinajstić information content (AvgIpc) is 3.95. The van der Waals surface area contributed by atoms with Crippen LogP contribution in [0.15, 0.2) is 188 Å². The Morgan fingerprint density at radius 2 is 0.965 bits per heavy atom. The highest BCUT2D eigenvalue weighted by Gasteiger charge is 2.26. The van der Waals surface area contributed by atoms with E-state index in [-0.39, 0.29) is 0 Å². The van der Waals surface area contributed by atoms with Crippen molar-refractivity contribution >= 4 is 75.1 Å². The zero-order chi connectivity index (χ0) is 37.5. The molecule has 5 nitrogen and oxygen atoms in total. The third-order valence-corrected chi connectivity index (χ3v) is 12.3. The van der Waals surface area contributed by atoms with Gasteiger partial charge in [0.2, 0.25) is 0 Å². The first-order valence-corrected chi connectivity index (χ1v) is 19.9. The van der Waals surface area contributed by atoms with Gasteiger partial charge < -0.3 is 9.13 Å². The van der Waals surface area contributed by atoms with Crippen molar-refractivity contribution in [2.24, 2.45) is 0 Å². The van der Waals surface area contributed by atoms with Crippen LogP contribution in [0.1, 0.15) is 0 Å². The Labute approximate surface area is 331 Å². The summed E-state index contributed by atoms with van der Waals surface area (Å²) in [6.07, 6.45) is 0. The maximum absolute atomic E-state index is 5.22. The molecule has 0 aliphatic heterocycles. The number of rotatable bonds is 5. The molecule has 0 radical (unpaired) electrons. The molecule has 4 aromatic heterocycles. The molecule has 0 N–H and O–H groups in total. The second kappa shape index (κ2) is 12.6. The maximum Gasteiger partial charge on any atom is 0.164 e. The molecule has 0 bridgehead atoms. The molecular weight excluding hydrogens is 715 g/mol. The third-order valence-electron chi connectivity index (χ3n) is 11.2. The minimum absolute atomic E-state index is 0.648. The van der Waals surface area contributed by atoms with E-state index in [0.29, 0.717) is 17.5 Å². The molecule has 4 heterocycles. The van der Waals surface area contributed by atoms with Crippen LogP contribution in [0.3, 0.4) is 0 Å². The Hall–Kier alpha value is -7.41. The first-order valence-electron chi connectivity index (χ1n) is 19.1. The number of thiophene rings is 1. The molecule has 0 saturated carbocycles. The van der Waals surface area contributed by atoms with Gasteiger partial charge in [0.1, 0.15) is 0 Å². The summed E-state index contributed by atoms with van der Waals surface area (Å²) in [7, 11) is 0. The van der Waals surface area contributed by atoms with Gasteiger partial charge in [-0.1, -0.05) is 152 Å². The highest BCUT2D eigenvalue weighted by atomic mass is 32.1. The van der Waals surface area contributed by atoms with E-state index < -0.39 is 0 Å². The van der Waals surface area contributed by atoms with E-state index in [2.05, 4.69) is 161 Å². The summed E-state index contributed by atoms with van der Waals surface area (Å²) < 4.78 is 7.37. The number of benzene rings is 8. The lowest BCUT2D eigenvalue weighted by Gasteiger charge is -2.14. The largest absolute Gasteiger partial charge is 0.307 e. The zero-order valence-corrected chi connectivity index (χ0v) is 31.4. The van der Waals surface area contributed by atoms with Gasteiger partial charge in [-0.2, -0.15) is 0 Å². The molecule has 57 heavy (non-hydrogen) atoms. The molecule has 12 aromatic rings. The van der Waals surface area contributed by atoms with Gasteiger partial charge in [-0.05, 0) is 41.8 Å². The number of aromatic nitrogens is 5. The van der Waals surface area contributed by atoms with Crippen molar-refractivity contribution < 1.29 is 0 Å². The summed E-state index contributed by atoms with van der Waals surface area (Å²) >= 11 is 1.83. The van der Waals surface area contributed by atoms with Crippen LogP contribution in [0.25, 0.3) is 109 Å². The number of hydrogen-bond acceptors (Lipinski definition) is 4. The summed E-state index contributed by atoms with van der Waals surface area (Å²) in [5, 5.41) is 7.15. The van der Waals surface area contributed by atoms with Crippen molar-refractivity contribution in [2.45, 2.75) is 0 Å². The summed E-state index contributed by atoms with van der Waals surface area (Å²) in [5.74, 6) is 1.94. The Bertz CT molecular complexity index is 3450. The Morgan fingerprint density at radius 1 is 0.386 bits per heavy atom. The third kappa shape index (κ3) is 4.84. The van der Waals surface area contributed by atoms with Crippen LogP contribution < -0.4 is 0 Å². The van der Waals surface area contributed by atoms with Crippen LogP contribution in [0, 0.1) is 0 Å². The van der Waals surface area contributed by atoms with E-state index in [9.17, 15) is 0 Å². The fraction of sp³-hybridized carbons (Fsp3) is 0. The second-order valence-corrected chi connectivity index (χ2v) is 15.4. The van der Waals surface area contributed by atoms with Gasteiger partial charge in [0.05, 0.1) is 32.5 Å². The van der Waals surface area contributed by atoms with E-state index in [1.165, 1.54) is 58.4 Å². The van der Waals surface area contributed by atoms with Gasteiger partial charge in [-0.15, -0.1) is 11.3 Å². The normalized spacial score (nSPS) is 11.9. The van der Waals surface area contributed by atoms with E-state index in [1.54, 1.807) is 0 Å². The molecule has 6 heteroatoms. The molecule has 8 aromatic carbocycles. The highest BCUT2D eigenvalue weighted by molar-refractivity contribution is 7.26. The van der Waals surface area contributed by atoms with Crippen molar-refractivity contribution in [3.8, 4) is 45.5 Å². The fourth-order valence-electron chi connectivity index (χ4n) is 8.69. The van der Waals surface area contributed by atoms with Crippen molar-refractivity contribution in [1.82, 2.24) is 24.1 Å². The lowest BCUT2D eigenvalue weighted by atomic mass is 10.0. The molecule has 0 amide bonds.